The molecule has 14 nitrogen and oxygen atoms in total. The number of phenols is 1. The number of likely N-dealkylation sites (tertiary alicyclic amines) is 2. The van der Waals surface area contributed by atoms with E-state index in [0.717, 1.165) is 91.8 Å². The van der Waals surface area contributed by atoms with Crippen LogP contribution in [0.2, 0.25) is 0 Å². The maximum atomic E-state index is 13.8. The minimum absolute atomic E-state index is 0.0762. The summed E-state index contributed by atoms with van der Waals surface area (Å²) in [6.07, 6.45) is 6.22. The van der Waals surface area contributed by atoms with E-state index in [-0.39, 0.29) is 35.8 Å². The van der Waals surface area contributed by atoms with Gasteiger partial charge >= 0.3 is 6.03 Å². The molecule has 4 N–H and O–H groups in total. The second-order valence-electron chi connectivity index (χ2n) is 16.9. The van der Waals surface area contributed by atoms with E-state index in [1.807, 2.05) is 61.2 Å². The number of aromatic nitrogens is 3. The van der Waals surface area contributed by atoms with Crippen LogP contribution in [0, 0.1) is 12.8 Å². The molecule has 3 aromatic carbocycles. The second-order valence-corrected chi connectivity index (χ2v) is 16.9. The molecule has 5 aromatic rings. The fourth-order valence-electron chi connectivity index (χ4n) is 9.72. The standard InChI is InChI=1S/C46H53N9O5/c1-29-24-32(10-11-34(29)42-28-53(26-30(2)60-42)40-25-37(49-50-44(40)47)35-6-3-4-9-41(35)56)45(58)52-20-12-31(13-21-52)27-51-18-14-33(15-19-51)54-22-16-36-38(54)7-5-8-39(36)55-23-17-43(57)48-46(55)59/h3-11,16,22,24-25,30-31,33,42,56H,12-15,17-21,23,26-28H2,1-2H3,(H2,47,50)(H,48,57,59)/t30-,42-/m0/s1. The highest BCUT2D eigenvalue weighted by Gasteiger charge is 2.32. The number of nitrogens with zero attached hydrogens (tertiary/aromatic N) is 7. The summed E-state index contributed by atoms with van der Waals surface area (Å²) in [5.41, 5.74) is 12.9. The Kier molecular flexibility index (Phi) is 10.9. The molecule has 14 heteroatoms. The zero-order chi connectivity index (χ0) is 41.5. The number of benzene rings is 3. The molecule has 2 aromatic heterocycles. The first kappa shape index (κ1) is 39.5. The maximum absolute atomic E-state index is 13.8. The molecule has 4 fully saturated rings. The number of amides is 4. The molecule has 9 rings (SSSR count). The Balaban J connectivity index is 0.778. The number of urea groups is 1. The van der Waals surface area contributed by atoms with Gasteiger partial charge in [0.25, 0.3) is 5.91 Å². The number of nitrogens with two attached hydrogens (primary N) is 1. The lowest BCUT2D eigenvalue weighted by Gasteiger charge is -2.39. The molecule has 60 heavy (non-hydrogen) atoms. The number of nitrogens with one attached hydrogen (secondary N) is 1. The Morgan fingerprint density at radius 2 is 1.70 bits per heavy atom. The topological polar surface area (TPSA) is 162 Å². The Hall–Kier alpha value is -5.99. The number of ether oxygens (including phenoxy) is 1. The van der Waals surface area contributed by atoms with E-state index in [0.29, 0.717) is 60.7 Å². The number of phenolic OH excluding ortho intramolecular Hbond substituents is 1. The van der Waals surface area contributed by atoms with Crippen molar-refractivity contribution in [1.82, 2.24) is 29.9 Å². The van der Waals surface area contributed by atoms with Crippen molar-refractivity contribution in [3.05, 3.63) is 95.7 Å². The van der Waals surface area contributed by atoms with Gasteiger partial charge in [-0.2, -0.15) is 0 Å². The monoisotopic (exact) mass is 811 g/mol. The van der Waals surface area contributed by atoms with Crippen LogP contribution in [-0.2, 0) is 9.53 Å². The van der Waals surface area contributed by atoms with Crippen LogP contribution in [-0.4, -0.2) is 106 Å². The number of piperidine rings is 2. The molecule has 0 aliphatic carbocycles. The van der Waals surface area contributed by atoms with E-state index < -0.39 is 0 Å². The number of nitrogen functional groups attached to an aromatic ring is 1. The normalized spacial score (nSPS) is 21.1. The maximum Gasteiger partial charge on any atom is 0.328 e. The number of para-hydroxylation sites is 1. The largest absolute Gasteiger partial charge is 0.507 e. The van der Waals surface area contributed by atoms with Crippen molar-refractivity contribution in [2.45, 2.75) is 64.2 Å². The van der Waals surface area contributed by atoms with Crippen LogP contribution in [0.5, 0.6) is 5.75 Å². The summed E-state index contributed by atoms with van der Waals surface area (Å²) >= 11 is 0. The van der Waals surface area contributed by atoms with Crippen molar-refractivity contribution in [2.24, 2.45) is 5.92 Å². The predicted molar refractivity (Wildman–Crippen MR) is 231 cm³/mol. The molecule has 0 radical (unpaired) electrons. The first-order chi connectivity index (χ1) is 29.1. The van der Waals surface area contributed by atoms with Gasteiger partial charge in [-0.05, 0) is 105 Å². The van der Waals surface area contributed by atoms with Crippen molar-refractivity contribution in [3.63, 3.8) is 0 Å². The van der Waals surface area contributed by atoms with Gasteiger partial charge in [-0.3, -0.25) is 19.8 Å². The second kappa shape index (κ2) is 16.6. The summed E-state index contributed by atoms with van der Waals surface area (Å²) in [6.45, 7) is 10.3. The minimum atomic E-state index is -0.359. The summed E-state index contributed by atoms with van der Waals surface area (Å²) in [7, 11) is 0. The molecular weight excluding hydrogens is 759 g/mol. The van der Waals surface area contributed by atoms with Crippen LogP contribution in [0.4, 0.5) is 22.0 Å². The zero-order valence-corrected chi connectivity index (χ0v) is 34.3. The van der Waals surface area contributed by atoms with E-state index in [4.69, 9.17) is 10.5 Å². The molecular formula is C46H53N9O5. The SMILES string of the molecule is Cc1cc(C(=O)N2CCC(CN3CCC(n4ccc5c(N6CCC(=O)NC6=O)cccc54)CC3)CC2)ccc1[C@@H]1CN(c2cc(-c3ccccc3O)nnc2N)C[C@H](C)O1. The third kappa shape index (κ3) is 7.88. The highest BCUT2D eigenvalue weighted by atomic mass is 16.5. The molecule has 2 atom stereocenters. The average Bonchev–Trinajstić information content (AvgIpc) is 3.69. The predicted octanol–water partition coefficient (Wildman–Crippen LogP) is 6.30. The summed E-state index contributed by atoms with van der Waals surface area (Å²) in [5, 5.41) is 22.4. The van der Waals surface area contributed by atoms with Gasteiger partial charge in [0.1, 0.15) is 11.9 Å². The van der Waals surface area contributed by atoms with E-state index in [1.54, 1.807) is 23.1 Å². The van der Waals surface area contributed by atoms with Crippen LogP contribution in [0.25, 0.3) is 22.2 Å². The molecule has 312 valence electrons. The van der Waals surface area contributed by atoms with Gasteiger partial charge < -0.3 is 34.8 Å². The van der Waals surface area contributed by atoms with Crippen molar-refractivity contribution >= 4 is 45.9 Å². The first-order valence-electron chi connectivity index (χ1n) is 21.2. The molecule has 4 saturated heterocycles. The van der Waals surface area contributed by atoms with Crippen LogP contribution >= 0.6 is 0 Å². The molecule has 4 amide bonds. The lowest BCUT2D eigenvalue weighted by molar-refractivity contribution is -0.120. The molecule has 0 unspecified atom stereocenters. The van der Waals surface area contributed by atoms with Gasteiger partial charge in [-0.15, -0.1) is 10.2 Å². The molecule has 4 aliphatic heterocycles. The Morgan fingerprint density at radius 1 is 0.900 bits per heavy atom. The summed E-state index contributed by atoms with van der Waals surface area (Å²) in [5.74, 6) is 0.851. The lowest BCUT2D eigenvalue weighted by Crippen LogP contribution is -2.49. The number of carbonyl (C=O) groups excluding carboxylic acids is 3. The van der Waals surface area contributed by atoms with Gasteiger partial charge in [0.2, 0.25) is 5.91 Å². The molecule has 0 bridgehead atoms. The van der Waals surface area contributed by atoms with Crippen LogP contribution < -0.4 is 20.9 Å². The fraction of sp³-hybridized carbons (Fsp3) is 0.413. The quantitative estimate of drug-likeness (QED) is 0.162. The summed E-state index contributed by atoms with van der Waals surface area (Å²) < 4.78 is 8.83. The summed E-state index contributed by atoms with van der Waals surface area (Å²) in [6, 6.07) is 23.1. The smallest absolute Gasteiger partial charge is 0.328 e. The number of hydrogen-bond acceptors (Lipinski definition) is 10. The van der Waals surface area contributed by atoms with Crippen molar-refractivity contribution < 1.29 is 24.2 Å². The van der Waals surface area contributed by atoms with Gasteiger partial charge in [-0.1, -0.05) is 24.3 Å². The van der Waals surface area contributed by atoms with Crippen LogP contribution in [0.1, 0.15) is 72.7 Å². The third-order valence-corrected chi connectivity index (χ3v) is 12.9. The van der Waals surface area contributed by atoms with Crippen LogP contribution in [0.3, 0.4) is 0 Å². The van der Waals surface area contributed by atoms with E-state index in [2.05, 4.69) is 48.2 Å². The van der Waals surface area contributed by atoms with E-state index in [1.165, 1.54) is 0 Å². The Morgan fingerprint density at radius 3 is 2.47 bits per heavy atom. The van der Waals surface area contributed by atoms with Crippen molar-refractivity contribution in [1.29, 1.82) is 0 Å². The van der Waals surface area contributed by atoms with Crippen LogP contribution in [0.15, 0.2) is 79.0 Å². The summed E-state index contributed by atoms with van der Waals surface area (Å²) in [4.78, 5) is 46.6. The lowest BCUT2D eigenvalue weighted by atomic mass is 9.93. The number of aromatic hydroxyl groups is 1. The van der Waals surface area contributed by atoms with Crippen molar-refractivity contribution in [3.8, 4) is 17.0 Å². The number of rotatable bonds is 8. The third-order valence-electron chi connectivity index (χ3n) is 12.9. The number of aryl methyl sites for hydroxylation is 1. The number of morpholine rings is 1. The number of hydrogen-bond donors (Lipinski definition) is 3. The average molecular weight is 812 g/mol. The number of fused-ring (bicyclic) bond motifs is 1. The van der Waals surface area contributed by atoms with E-state index in [9.17, 15) is 19.5 Å². The minimum Gasteiger partial charge on any atom is -0.507 e. The molecule has 4 aliphatic rings. The molecule has 0 spiro atoms. The van der Waals surface area contributed by atoms with E-state index >= 15 is 0 Å². The fourth-order valence-corrected chi connectivity index (χ4v) is 9.72. The highest BCUT2D eigenvalue weighted by Crippen LogP contribution is 2.37. The molecule has 0 saturated carbocycles. The van der Waals surface area contributed by atoms with Crippen molar-refractivity contribution in [2.75, 3.05) is 67.9 Å². The number of carbonyl (C=O) groups is 3. The highest BCUT2D eigenvalue weighted by molar-refractivity contribution is 6.09. The first-order valence-corrected chi connectivity index (χ1v) is 21.2. The number of anilines is 3. The Bertz CT molecular complexity index is 2420. The number of imide groups is 1. The van der Waals surface area contributed by atoms with Gasteiger partial charge in [0.15, 0.2) is 5.82 Å². The zero-order valence-electron chi connectivity index (χ0n) is 34.3. The molecule has 6 heterocycles. The van der Waals surface area contributed by atoms with Gasteiger partial charge in [-0.25, -0.2) is 4.79 Å². The van der Waals surface area contributed by atoms with Gasteiger partial charge in [0, 0.05) is 87.5 Å². The Labute approximate surface area is 349 Å². The van der Waals surface area contributed by atoms with Gasteiger partial charge in [0.05, 0.1) is 28.7 Å².